The van der Waals surface area contributed by atoms with Crippen LogP contribution in [0, 0.1) is 11.6 Å². The van der Waals surface area contributed by atoms with E-state index < -0.39 is 41.2 Å². The molecule has 0 radical (unpaired) electrons. The number of hydrogen-bond acceptors (Lipinski definition) is 6. The number of ether oxygens (including phenoxy) is 1. The minimum absolute atomic E-state index is 0.0661. The fourth-order valence-electron chi connectivity index (χ4n) is 3.81. The van der Waals surface area contributed by atoms with E-state index in [4.69, 9.17) is 16.3 Å². The van der Waals surface area contributed by atoms with E-state index in [1.54, 1.807) is 45.0 Å². The van der Waals surface area contributed by atoms with Crippen LogP contribution in [0.15, 0.2) is 65.6 Å². The third kappa shape index (κ3) is 7.42. The second-order valence-electron chi connectivity index (χ2n) is 9.95. The van der Waals surface area contributed by atoms with Gasteiger partial charge in [0.15, 0.2) is 0 Å². The maximum Gasteiger partial charge on any atom is 0.408 e. The summed E-state index contributed by atoms with van der Waals surface area (Å²) in [5, 5.41) is 3.13. The number of hydrazine groups is 1. The Morgan fingerprint density at radius 3 is 2.40 bits per heavy atom. The van der Waals surface area contributed by atoms with Gasteiger partial charge in [0.05, 0.1) is 23.5 Å². The molecule has 0 spiro atoms. The molecular weight excluding hydrogens is 562 g/mol. The zero-order chi connectivity index (χ0) is 29.0. The number of benzene rings is 3. The van der Waals surface area contributed by atoms with Gasteiger partial charge in [0.1, 0.15) is 23.3 Å². The van der Waals surface area contributed by atoms with Crippen molar-refractivity contribution in [1.29, 1.82) is 0 Å². The van der Waals surface area contributed by atoms with Crippen LogP contribution in [-0.4, -0.2) is 35.3 Å². The molecule has 0 aliphatic carbocycles. The molecule has 3 aromatic carbocycles. The van der Waals surface area contributed by atoms with Crippen molar-refractivity contribution in [3.63, 3.8) is 0 Å². The number of halogens is 3. The monoisotopic (exact) mass is 588 g/mol. The van der Waals surface area contributed by atoms with E-state index in [9.17, 15) is 18.8 Å². The zero-order valence-electron chi connectivity index (χ0n) is 21.9. The Kier molecular flexibility index (Phi) is 8.85. The molecule has 0 fully saturated rings. The van der Waals surface area contributed by atoms with E-state index in [1.165, 1.54) is 53.1 Å². The van der Waals surface area contributed by atoms with Gasteiger partial charge in [0.2, 0.25) is 0 Å². The van der Waals surface area contributed by atoms with Gasteiger partial charge < -0.3 is 15.0 Å². The van der Waals surface area contributed by atoms with Crippen LogP contribution in [0.4, 0.5) is 25.0 Å². The number of rotatable bonds is 6. The molecule has 0 unspecified atom stereocenters. The number of fused-ring (bicyclic) bond motifs is 1. The third-order valence-corrected chi connectivity index (χ3v) is 7.05. The van der Waals surface area contributed by atoms with Crippen molar-refractivity contribution >= 4 is 52.6 Å². The Labute approximate surface area is 239 Å². The summed E-state index contributed by atoms with van der Waals surface area (Å²) in [4.78, 5) is 41.0. The van der Waals surface area contributed by atoms with Crippen LogP contribution in [0.5, 0.6) is 0 Å². The summed E-state index contributed by atoms with van der Waals surface area (Å²) in [6.07, 6.45) is -0.762. The van der Waals surface area contributed by atoms with Gasteiger partial charge in [-0.1, -0.05) is 23.7 Å². The van der Waals surface area contributed by atoms with Gasteiger partial charge in [0.25, 0.3) is 11.8 Å². The maximum atomic E-state index is 15.2. The molecule has 0 saturated carbocycles. The largest absolute Gasteiger partial charge is 0.444 e. The first-order valence-corrected chi connectivity index (χ1v) is 13.6. The fourth-order valence-corrected chi connectivity index (χ4v) is 5.02. The highest BCUT2D eigenvalue weighted by Crippen LogP contribution is 2.37. The molecule has 3 amide bonds. The van der Waals surface area contributed by atoms with Gasteiger partial charge in [-0.3, -0.25) is 20.4 Å². The van der Waals surface area contributed by atoms with Crippen LogP contribution in [0.2, 0.25) is 5.02 Å². The average molecular weight is 589 g/mol. The molecule has 1 atom stereocenters. The van der Waals surface area contributed by atoms with Crippen molar-refractivity contribution < 1.29 is 27.9 Å². The predicted molar refractivity (Wildman–Crippen MR) is 150 cm³/mol. The molecule has 1 aliphatic heterocycles. The summed E-state index contributed by atoms with van der Waals surface area (Å²) in [6, 6.07) is 13.6. The first kappa shape index (κ1) is 29.2. The maximum absolute atomic E-state index is 15.2. The molecular formula is C28H27ClF2N4O4S. The molecule has 210 valence electrons. The number of hydrogen-bond donors (Lipinski definition) is 3. The van der Waals surface area contributed by atoms with Crippen LogP contribution >= 0.6 is 23.4 Å². The molecule has 8 nitrogen and oxygen atoms in total. The lowest BCUT2D eigenvalue weighted by molar-refractivity contribution is -0.120. The summed E-state index contributed by atoms with van der Waals surface area (Å²) in [5.41, 5.74) is 5.31. The Morgan fingerprint density at radius 1 is 1.07 bits per heavy atom. The minimum atomic E-state index is -0.986. The van der Waals surface area contributed by atoms with E-state index in [0.29, 0.717) is 21.3 Å². The van der Waals surface area contributed by atoms with Crippen molar-refractivity contribution in [2.24, 2.45) is 0 Å². The Balaban J connectivity index is 1.65. The molecule has 1 heterocycles. The Morgan fingerprint density at radius 2 is 1.75 bits per heavy atom. The molecule has 12 heteroatoms. The van der Waals surface area contributed by atoms with Gasteiger partial charge in [-0.05, 0) is 74.9 Å². The van der Waals surface area contributed by atoms with Gasteiger partial charge >= 0.3 is 6.09 Å². The number of nitrogens with one attached hydrogen (secondary N) is 3. The Hall–Kier alpha value is -3.83. The number of amides is 3. The van der Waals surface area contributed by atoms with Crippen LogP contribution in [-0.2, 0) is 16.1 Å². The van der Waals surface area contributed by atoms with Crippen molar-refractivity contribution in [2.75, 3.05) is 16.1 Å². The molecule has 4 rings (SSSR count). The average Bonchev–Trinajstić information content (AvgIpc) is 3.00. The first-order valence-electron chi connectivity index (χ1n) is 12.2. The highest BCUT2D eigenvalue weighted by Gasteiger charge is 2.34. The summed E-state index contributed by atoms with van der Waals surface area (Å²) in [7, 11) is 0. The molecule has 3 aromatic rings. The Bertz CT molecular complexity index is 1420. The van der Waals surface area contributed by atoms with Crippen molar-refractivity contribution in [3.05, 3.63) is 88.4 Å². The van der Waals surface area contributed by atoms with Crippen LogP contribution in [0.3, 0.4) is 0 Å². The number of alkyl carbamates (subject to hydrolysis) is 1. The summed E-state index contributed by atoms with van der Waals surface area (Å²) in [5.74, 6) is -2.41. The fraction of sp³-hybridized carbons (Fsp3) is 0.250. The quantitative estimate of drug-likeness (QED) is 0.310. The second kappa shape index (κ2) is 12.1. The number of thioether (sulfide) groups is 1. The lowest BCUT2D eigenvalue weighted by atomic mass is 10.1. The van der Waals surface area contributed by atoms with E-state index in [0.717, 1.165) is 5.56 Å². The second-order valence-corrected chi connectivity index (χ2v) is 11.4. The normalized spacial score (nSPS) is 15.1. The van der Waals surface area contributed by atoms with E-state index >= 15 is 4.39 Å². The van der Waals surface area contributed by atoms with Gasteiger partial charge in [0, 0.05) is 15.7 Å². The number of carbonyl (C=O) groups is 3. The SMILES string of the molecule is CC(C)(C)OC(=O)N[C@H]1CSc2cc(F)c(C(=O)NNc3ccc(F)cc3)cc2N(Cc2ccc(Cl)cc2)C1=O. The smallest absolute Gasteiger partial charge is 0.408 e. The van der Waals surface area contributed by atoms with Crippen molar-refractivity contribution in [1.82, 2.24) is 10.7 Å². The number of nitrogens with zero attached hydrogens (tertiary/aromatic N) is 1. The summed E-state index contributed by atoms with van der Waals surface area (Å²) < 4.78 is 33.7. The lowest BCUT2D eigenvalue weighted by Crippen LogP contribution is -2.50. The van der Waals surface area contributed by atoms with E-state index in [-0.39, 0.29) is 17.9 Å². The lowest BCUT2D eigenvalue weighted by Gasteiger charge is -2.27. The highest BCUT2D eigenvalue weighted by atomic mass is 35.5. The van der Waals surface area contributed by atoms with Crippen molar-refractivity contribution in [3.8, 4) is 0 Å². The molecule has 1 aliphatic rings. The third-order valence-electron chi connectivity index (χ3n) is 5.66. The summed E-state index contributed by atoms with van der Waals surface area (Å²) in [6.45, 7) is 5.19. The van der Waals surface area contributed by atoms with Crippen LogP contribution in [0.1, 0.15) is 36.7 Å². The summed E-state index contributed by atoms with van der Waals surface area (Å²) >= 11 is 7.19. The standard InChI is InChI=1S/C28H27ClF2N4O4S/c1-28(2,3)39-27(38)32-22-15-40-24-13-21(31)20(25(36)34-33-19-10-8-18(30)9-11-19)12-23(24)35(26(22)37)14-16-4-6-17(29)7-5-16/h4-13,22,33H,14-15H2,1-3H3,(H,32,38)(H,34,36)/t22-/m0/s1. The topological polar surface area (TPSA) is 99.8 Å². The molecule has 0 aromatic heterocycles. The van der Waals surface area contributed by atoms with Crippen LogP contribution in [0.25, 0.3) is 0 Å². The number of carbonyl (C=O) groups excluding carboxylic acids is 3. The van der Waals surface area contributed by atoms with Gasteiger partial charge in [-0.2, -0.15) is 0 Å². The van der Waals surface area contributed by atoms with E-state index in [1.807, 2.05) is 0 Å². The zero-order valence-corrected chi connectivity index (χ0v) is 23.5. The predicted octanol–water partition coefficient (Wildman–Crippen LogP) is 5.91. The molecule has 0 saturated heterocycles. The van der Waals surface area contributed by atoms with E-state index in [2.05, 4.69) is 16.2 Å². The van der Waals surface area contributed by atoms with Crippen LogP contribution < -0.4 is 21.1 Å². The highest BCUT2D eigenvalue weighted by molar-refractivity contribution is 7.99. The van der Waals surface area contributed by atoms with Gasteiger partial charge in [-0.15, -0.1) is 11.8 Å². The number of anilines is 2. The minimum Gasteiger partial charge on any atom is -0.444 e. The molecule has 0 bridgehead atoms. The van der Waals surface area contributed by atoms with Gasteiger partial charge in [-0.25, -0.2) is 13.6 Å². The van der Waals surface area contributed by atoms with Crippen molar-refractivity contribution in [2.45, 2.75) is 43.9 Å². The molecule has 3 N–H and O–H groups in total. The molecule has 40 heavy (non-hydrogen) atoms. The first-order chi connectivity index (χ1) is 18.9.